The van der Waals surface area contributed by atoms with Gasteiger partial charge in [0.05, 0.1) is 0 Å². The Morgan fingerprint density at radius 2 is 1.39 bits per heavy atom. The predicted molar refractivity (Wildman–Crippen MR) is 85.3 cm³/mol. The van der Waals surface area contributed by atoms with Crippen molar-refractivity contribution in [2.24, 2.45) is 0 Å². The molecule has 0 heterocycles. The highest BCUT2D eigenvalue weighted by Crippen LogP contribution is 2.28. The van der Waals surface area contributed by atoms with Gasteiger partial charge in [-0.05, 0) is 34.0 Å². The van der Waals surface area contributed by atoms with Crippen LogP contribution in [0.1, 0.15) is 0 Å². The summed E-state index contributed by atoms with van der Waals surface area (Å²) in [5.74, 6) is 0. The lowest BCUT2D eigenvalue weighted by Crippen LogP contribution is -2.03. The number of hydrogen-bond donors (Lipinski definition) is 0. The van der Waals surface area contributed by atoms with Crippen molar-refractivity contribution in [3.05, 3.63) is 65.1 Å². The maximum Gasteiger partial charge on any atom is 0.140 e. The molecule has 0 saturated carbocycles. The van der Waals surface area contributed by atoms with E-state index in [2.05, 4.69) is 84.4 Å². The van der Waals surface area contributed by atoms with Crippen LogP contribution in [0, 0.1) is 0 Å². The van der Waals surface area contributed by atoms with Crippen molar-refractivity contribution < 1.29 is 0 Å². The molecule has 0 aliphatic heterocycles. The molecule has 0 saturated heterocycles. The molecule has 0 bridgehead atoms. The molecule has 0 unspecified atom stereocenters. The van der Waals surface area contributed by atoms with Crippen molar-refractivity contribution in [2.45, 2.75) is 0 Å². The largest absolute Gasteiger partial charge is 0.140 e. The number of halogens is 1. The first kappa shape index (κ1) is 11.5. The molecule has 0 radical (unpaired) electrons. The Bertz CT molecular complexity index is 702. The van der Waals surface area contributed by atoms with Crippen LogP contribution in [0.3, 0.4) is 0 Å². The van der Waals surface area contributed by atoms with Crippen LogP contribution in [0.25, 0.3) is 21.9 Å². The van der Waals surface area contributed by atoms with E-state index in [1.54, 1.807) is 0 Å². The highest BCUT2D eigenvalue weighted by Gasteiger charge is 2.04. The molecule has 0 fully saturated rings. The lowest BCUT2D eigenvalue weighted by Gasteiger charge is -2.09. The van der Waals surface area contributed by atoms with E-state index in [1.807, 2.05) is 0 Å². The fraction of sp³-hybridized carbons (Fsp3) is 0. The van der Waals surface area contributed by atoms with E-state index < -0.39 is 0 Å². The smallest absolute Gasteiger partial charge is 0.0812 e. The van der Waals surface area contributed by atoms with E-state index in [9.17, 15) is 0 Å². The SMILES string of the molecule is Bc1ccc(-c2ccc(Br)cc2)c2ccccc12. The van der Waals surface area contributed by atoms with Gasteiger partial charge in [-0.15, -0.1) is 0 Å². The molecular formula is C16H12BBr. The number of rotatable bonds is 1. The zero-order chi connectivity index (χ0) is 12.5. The summed E-state index contributed by atoms with van der Waals surface area (Å²) in [6.07, 6.45) is 0. The highest BCUT2D eigenvalue weighted by molar-refractivity contribution is 9.10. The molecule has 86 valence electrons. The summed E-state index contributed by atoms with van der Waals surface area (Å²) in [6.45, 7) is 0. The van der Waals surface area contributed by atoms with E-state index in [0.717, 1.165) is 4.47 Å². The molecule has 0 aromatic heterocycles. The first-order chi connectivity index (χ1) is 8.75. The standard InChI is InChI=1S/C16H12BBr/c17-16-10-9-13(11-5-7-12(18)8-6-11)14-3-1-2-4-15(14)16/h1-10H,17H2. The lowest BCUT2D eigenvalue weighted by atomic mass is 9.86. The maximum atomic E-state index is 3.48. The monoisotopic (exact) mass is 294 g/mol. The molecule has 3 rings (SSSR count). The van der Waals surface area contributed by atoms with Crippen LogP contribution in [-0.2, 0) is 0 Å². The first-order valence-electron chi connectivity index (χ1n) is 6.00. The maximum absolute atomic E-state index is 3.48. The molecule has 3 aromatic rings. The third kappa shape index (κ3) is 1.97. The molecule has 0 spiro atoms. The Kier molecular flexibility index (Phi) is 2.96. The molecule has 3 aromatic carbocycles. The predicted octanol–water partition coefficient (Wildman–Crippen LogP) is 3.53. The topological polar surface area (TPSA) is 0 Å². The van der Waals surface area contributed by atoms with Crippen LogP contribution in [0.15, 0.2) is 65.1 Å². The van der Waals surface area contributed by atoms with Gasteiger partial charge in [0.1, 0.15) is 7.85 Å². The quantitative estimate of drug-likeness (QED) is 0.602. The number of hydrogen-bond acceptors (Lipinski definition) is 0. The van der Waals surface area contributed by atoms with Crippen LogP contribution in [-0.4, -0.2) is 7.85 Å². The molecule has 0 atom stereocenters. The molecule has 0 N–H and O–H groups in total. The minimum atomic E-state index is 1.11. The summed E-state index contributed by atoms with van der Waals surface area (Å²) < 4.78 is 1.11. The van der Waals surface area contributed by atoms with Gasteiger partial charge in [-0.1, -0.05) is 69.9 Å². The van der Waals surface area contributed by atoms with E-state index in [-0.39, 0.29) is 0 Å². The molecule has 0 amide bonds. The summed E-state index contributed by atoms with van der Waals surface area (Å²) in [5, 5.41) is 2.65. The fourth-order valence-electron chi connectivity index (χ4n) is 2.33. The second-order valence-electron chi connectivity index (χ2n) is 4.48. The summed E-state index contributed by atoms with van der Waals surface area (Å²) in [7, 11) is 2.16. The molecule has 2 heteroatoms. The van der Waals surface area contributed by atoms with Gasteiger partial charge in [0.15, 0.2) is 0 Å². The molecule has 18 heavy (non-hydrogen) atoms. The zero-order valence-electron chi connectivity index (χ0n) is 10.2. The normalized spacial score (nSPS) is 10.7. The minimum absolute atomic E-state index is 1.11. The van der Waals surface area contributed by atoms with Crippen molar-refractivity contribution in [3.8, 4) is 11.1 Å². The molecule has 0 aliphatic carbocycles. The Morgan fingerprint density at radius 3 is 2.11 bits per heavy atom. The molecule has 0 aliphatic rings. The Morgan fingerprint density at radius 1 is 0.722 bits per heavy atom. The van der Waals surface area contributed by atoms with Crippen molar-refractivity contribution in [2.75, 3.05) is 0 Å². The van der Waals surface area contributed by atoms with Crippen molar-refractivity contribution in [1.82, 2.24) is 0 Å². The van der Waals surface area contributed by atoms with Crippen LogP contribution in [0.4, 0.5) is 0 Å². The molecule has 0 nitrogen and oxygen atoms in total. The van der Waals surface area contributed by atoms with Gasteiger partial charge in [-0.25, -0.2) is 0 Å². The lowest BCUT2D eigenvalue weighted by molar-refractivity contribution is 1.62. The van der Waals surface area contributed by atoms with Gasteiger partial charge in [0.25, 0.3) is 0 Å². The Balaban J connectivity index is 2.30. The highest BCUT2D eigenvalue weighted by atomic mass is 79.9. The van der Waals surface area contributed by atoms with Crippen molar-refractivity contribution >= 4 is 40.0 Å². The summed E-state index contributed by atoms with van der Waals surface area (Å²) in [5.41, 5.74) is 3.88. The van der Waals surface area contributed by atoms with Gasteiger partial charge >= 0.3 is 0 Å². The van der Waals surface area contributed by atoms with Crippen molar-refractivity contribution in [3.63, 3.8) is 0 Å². The Labute approximate surface area is 116 Å². The zero-order valence-corrected chi connectivity index (χ0v) is 11.7. The number of benzene rings is 3. The van der Waals surface area contributed by atoms with Crippen molar-refractivity contribution in [1.29, 1.82) is 0 Å². The van der Waals surface area contributed by atoms with Gasteiger partial charge < -0.3 is 0 Å². The number of fused-ring (bicyclic) bond motifs is 1. The van der Waals surface area contributed by atoms with Crippen LogP contribution >= 0.6 is 15.9 Å². The van der Waals surface area contributed by atoms with Gasteiger partial charge in [-0.2, -0.15) is 0 Å². The summed E-state index contributed by atoms with van der Waals surface area (Å²) >= 11 is 3.48. The first-order valence-corrected chi connectivity index (χ1v) is 6.79. The van der Waals surface area contributed by atoms with Crippen LogP contribution < -0.4 is 5.46 Å². The Hall–Kier alpha value is -1.54. The summed E-state index contributed by atoms with van der Waals surface area (Å²) in [4.78, 5) is 0. The average Bonchev–Trinajstić information content (AvgIpc) is 2.41. The van der Waals surface area contributed by atoms with E-state index >= 15 is 0 Å². The van der Waals surface area contributed by atoms with E-state index in [1.165, 1.54) is 27.4 Å². The fourth-order valence-corrected chi connectivity index (χ4v) is 2.60. The third-order valence-corrected chi connectivity index (χ3v) is 3.83. The summed E-state index contributed by atoms with van der Waals surface area (Å²) in [6, 6.07) is 21.5. The second kappa shape index (κ2) is 4.62. The van der Waals surface area contributed by atoms with E-state index in [0.29, 0.717) is 0 Å². The van der Waals surface area contributed by atoms with Crippen LogP contribution in [0.5, 0.6) is 0 Å². The van der Waals surface area contributed by atoms with Gasteiger partial charge in [0.2, 0.25) is 0 Å². The van der Waals surface area contributed by atoms with E-state index in [4.69, 9.17) is 0 Å². The van der Waals surface area contributed by atoms with Crippen LogP contribution in [0.2, 0.25) is 0 Å². The average molecular weight is 295 g/mol. The van der Waals surface area contributed by atoms with Gasteiger partial charge in [0, 0.05) is 4.47 Å². The third-order valence-electron chi connectivity index (χ3n) is 3.30. The van der Waals surface area contributed by atoms with Gasteiger partial charge in [-0.3, -0.25) is 0 Å². The molecular weight excluding hydrogens is 283 g/mol. The minimum Gasteiger partial charge on any atom is -0.0812 e. The second-order valence-corrected chi connectivity index (χ2v) is 5.40.